The second-order valence-electron chi connectivity index (χ2n) is 6.35. The van der Waals surface area contributed by atoms with Gasteiger partial charge in [-0.2, -0.15) is 5.26 Å². The van der Waals surface area contributed by atoms with Gasteiger partial charge in [-0.15, -0.1) is 0 Å². The number of nitrogens with zero attached hydrogens (tertiary/aromatic N) is 1. The first kappa shape index (κ1) is 20.6. The van der Waals surface area contributed by atoms with Gasteiger partial charge in [0.1, 0.15) is 18.2 Å². The predicted molar refractivity (Wildman–Crippen MR) is 102 cm³/mol. The molecule has 0 heterocycles. The van der Waals surface area contributed by atoms with Gasteiger partial charge in [0.05, 0.1) is 23.6 Å². The molecule has 150 valence electrons. The van der Waals surface area contributed by atoms with Gasteiger partial charge in [0.25, 0.3) is 5.91 Å². The molecule has 9 heteroatoms. The van der Waals surface area contributed by atoms with E-state index in [-0.39, 0.29) is 29.2 Å². The number of hydrogen-bond donors (Lipinski definition) is 2. The summed E-state index contributed by atoms with van der Waals surface area (Å²) in [7, 11) is 0. The summed E-state index contributed by atoms with van der Waals surface area (Å²) in [6.45, 7) is -0.0624. The van der Waals surface area contributed by atoms with Gasteiger partial charge >= 0.3 is 6.09 Å². The lowest BCUT2D eigenvalue weighted by Gasteiger charge is -2.16. The molecule has 2 aromatic carbocycles. The summed E-state index contributed by atoms with van der Waals surface area (Å²) < 4.78 is 32.6. The summed E-state index contributed by atoms with van der Waals surface area (Å²) in [6, 6.07) is 7.50. The van der Waals surface area contributed by atoms with E-state index < -0.39 is 29.7 Å². The largest absolute Gasteiger partial charge is 0.448 e. The zero-order chi connectivity index (χ0) is 21.0. The van der Waals surface area contributed by atoms with Crippen molar-refractivity contribution in [1.29, 1.82) is 5.26 Å². The van der Waals surface area contributed by atoms with Crippen LogP contribution in [0.15, 0.2) is 30.3 Å². The lowest BCUT2D eigenvalue weighted by atomic mass is 10.0. The lowest BCUT2D eigenvalue weighted by Crippen LogP contribution is -2.28. The molecule has 0 aromatic heterocycles. The van der Waals surface area contributed by atoms with Crippen molar-refractivity contribution in [2.45, 2.75) is 25.3 Å². The highest BCUT2D eigenvalue weighted by Crippen LogP contribution is 2.36. The van der Waals surface area contributed by atoms with Crippen LogP contribution in [-0.2, 0) is 11.2 Å². The molecule has 29 heavy (non-hydrogen) atoms. The number of nitrogens with one attached hydrogen (secondary N) is 2. The second kappa shape index (κ2) is 8.88. The van der Waals surface area contributed by atoms with Crippen LogP contribution < -0.4 is 10.6 Å². The quantitative estimate of drug-likeness (QED) is 0.698. The third-order valence-corrected chi connectivity index (χ3v) is 4.79. The molecular weight excluding hydrogens is 404 g/mol. The van der Waals surface area contributed by atoms with Gasteiger partial charge in [-0.1, -0.05) is 11.6 Å². The Morgan fingerprint density at radius 2 is 2.00 bits per heavy atom. The van der Waals surface area contributed by atoms with E-state index >= 15 is 0 Å². The highest BCUT2D eigenvalue weighted by Gasteiger charge is 2.31. The molecule has 0 fully saturated rings. The van der Waals surface area contributed by atoms with E-state index in [2.05, 4.69) is 10.6 Å². The summed E-state index contributed by atoms with van der Waals surface area (Å²) in [5.74, 6) is -1.65. The number of halogens is 3. The van der Waals surface area contributed by atoms with E-state index in [1.54, 1.807) is 0 Å². The zero-order valence-corrected chi connectivity index (χ0v) is 15.9. The van der Waals surface area contributed by atoms with Crippen LogP contribution in [0.25, 0.3) is 0 Å². The predicted octanol–water partition coefficient (Wildman–Crippen LogP) is 4.50. The number of fused-ring (bicyclic) bond motifs is 1. The first-order valence-electron chi connectivity index (χ1n) is 8.78. The van der Waals surface area contributed by atoms with Crippen molar-refractivity contribution in [3.8, 4) is 6.07 Å². The van der Waals surface area contributed by atoms with Gasteiger partial charge in [-0.25, -0.2) is 13.6 Å². The summed E-state index contributed by atoms with van der Waals surface area (Å²) >= 11 is 5.73. The van der Waals surface area contributed by atoms with Crippen molar-refractivity contribution in [3.05, 3.63) is 63.7 Å². The lowest BCUT2D eigenvalue weighted by molar-refractivity contribution is 0.102. The minimum absolute atomic E-state index is 0.0563. The summed E-state index contributed by atoms with van der Waals surface area (Å²) in [5.41, 5.74) is 1.27. The molecule has 1 atom stereocenters. The topological polar surface area (TPSA) is 91.2 Å². The van der Waals surface area contributed by atoms with Crippen molar-refractivity contribution < 1.29 is 23.1 Å². The van der Waals surface area contributed by atoms with E-state index in [4.69, 9.17) is 21.6 Å². The number of amides is 2. The second-order valence-corrected chi connectivity index (χ2v) is 6.76. The number of nitriles is 1. The maximum Gasteiger partial charge on any atom is 0.407 e. The molecule has 3 rings (SSSR count). The van der Waals surface area contributed by atoms with Crippen LogP contribution in [0, 0.1) is 23.0 Å². The Hall–Kier alpha value is -3.18. The molecule has 1 aliphatic carbocycles. The van der Waals surface area contributed by atoms with Crippen LogP contribution in [0.2, 0.25) is 5.02 Å². The molecule has 0 saturated carbocycles. The van der Waals surface area contributed by atoms with Crippen LogP contribution in [0.1, 0.15) is 40.4 Å². The molecule has 2 N–H and O–H groups in total. The Morgan fingerprint density at radius 1 is 1.24 bits per heavy atom. The molecule has 6 nitrogen and oxygen atoms in total. The fourth-order valence-corrected chi connectivity index (χ4v) is 3.40. The Balaban J connectivity index is 1.78. The van der Waals surface area contributed by atoms with Crippen LogP contribution in [0.4, 0.5) is 19.3 Å². The number of ether oxygens (including phenoxy) is 1. The van der Waals surface area contributed by atoms with Crippen molar-refractivity contribution in [2.75, 3.05) is 11.9 Å². The van der Waals surface area contributed by atoms with Crippen LogP contribution >= 0.6 is 11.6 Å². The Labute approximate surface area is 170 Å². The maximum atomic E-state index is 14.4. The first-order valence-corrected chi connectivity index (χ1v) is 9.16. The smallest absolute Gasteiger partial charge is 0.407 e. The van der Waals surface area contributed by atoms with E-state index in [9.17, 15) is 18.4 Å². The molecule has 0 unspecified atom stereocenters. The van der Waals surface area contributed by atoms with Gasteiger partial charge in [0.2, 0.25) is 0 Å². The number of carbonyl (C=O) groups is 2. The minimum Gasteiger partial charge on any atom is -0.448 e. The number of hydrogen-bond acceptors (Lipinski definition) is 4. The first-order chi connectivity index (χ1) is 13.9. The van der Waals surface area contributed by atoms with Crippen LogP contribution in [0.3, 0.4) is 0 Å². The minimum atomic E-state index is -0.756. The van der Waals surface area contributed by atoms with Crippen molar-refractivity contribution in [3.63, 3.8) is 0 Å². The number of benzene rings is 2. The number of rotatable bonds is 5. The molecule has 0 radical (unpaired) electrons. The Morgan fingerprint density at radius 3 is 2.72 bits per heavy atom. The fourth-order valence-electron chi connectivity index (χ4n) is 3.22. The average Bonchev–Trinajstić information content (AvgIpc) is 3.09. The van der Waals surface area contributed by atoms with E-state index in [1.165, 1.54) is 18.2 Å². The molecule has 0 bridgehead atoms. The monoisotopic (exact) mass is 419 g/mol. The van der Waals surface area contributed by atoms with E-state index in [1.807, 2.05) is 6.07 Å². The number of carbonyl (C=O) groups excluding carboxylic acids is 2. The molecule has 2 aromatic rings. The standard InChI is InChI=1S/C20H16ClF2N3O3/c21-14-10-11(2-5-15(14)22)25-19(27)13-3-6-16(23)18-12(13)4-7-17(18)26-20(28)29-9-1-8-24/h2-3,5-6,10,17H,1,4,7,9H2,(H,25,27)(H,26,28)/t17-/m0/s1. The molecule has 0 aliphatic heterocycles. The average molecular weight is 420 g/mol. The highest BCUT2D eigenvalue weighted by atomic mass is 35.5. The highest BCUT2D eigenvalue weighted by molar-refractivity contribution is 6.31. The summed E-state index contributed by atoms with van der Waals surface area (Å²) in [5, 5.41) is 13.5. The Kier molecular flexibility index (Phi) is 6.29. The zero-order valence-electron chi connectivity index (χ0n) is 15.1. The van der Waals surface area contributed by atoms with Crippen molar-refractivity contribution >= 4 is 29.3 Å². The molecular formula is C20H16ClF2N3O3. The maximum absolute atomic E-state index is 14.4. The van der Waals surface area contributed by atoms with Gasteiger partial charge < -0.3 is 15.4 Å². The van der Waals surface area contributed by atoms with Gasteiger partial charge in [-0.3, -0.25) is 4.79 Å². The molecule has 0 spiro atoms. The van der Waals surface area contributed by atoms with Crippen LogP contribution in [-0.4, -0.2) is 18.6 Å². The van der Waals surface area contributed by atoms with Crippen molar-refractivity contribution in [2.24, 2.45) is 0 Å². The van der Waals surface area contributed by atoms with Gasteiger partial charge in [0, 0.05) is 16.8 Å². The third-order valence-electron chi connectivity index (χ3n) is 4.50. The van der Waals surface area contributed by atoms with Crippen LogP contribution in [0.5, 0.6) is 0 Å². The summed E-state index contributed by atoms with van der Waals surface area (Å²) in [6.07, 6.45) is 0.0734. The SMILES string of the molecule is N#CCCOC(=O)N[C@H]1CCc2c(C(=O)Nc3ccc(F)c(Cl)c3)ccc(F)c21. The van der Waals surface area contributed by atoms with Crippen molar-refractivity contribution in [1.82, 2.24) is 5.32 Å². The normalized spacial score (nSPS) is 14.6. The number of alkyl carbamates (subject to hydrolysis) is 1. The molecule has 2 amide bonds. The van der Waals surface area contributed by atoms with E-state index in [0.717, 1.165) is 12.1 Å². The van der Waals surface area contributed by atoms with Gasteiger partial charge in [0.15, 0.2) is 0 Å². The fraction of sp³-hybridized carbons (Fsp3) is 0.250. The summed E-state index contributed by atoms with van der Waals surface area (Å²) in [4.78, 5) is 24.5. The number of anilines is 1. The molecule has 1 aliphatic rings. The van der Waals surface area contributed by atoms with Gasteiger partial charge in [-0.05, 0) is 48.7 Å². The third kappa shape index (κ3) is 4.63. The van der Waals surface area contributed by atoms with E-state index in [0.29, 0.717) is 24.1 Å². The molecule has 0 saturated heterocycles. The Bertz CT molecular complexity index is 1010.